The van der Waals surface area contributed by atoms with E-state index >= 15 is 0 Å². The van der Waals surface area contributed by atoms with Crippen molar-refractivity contribution in [2.75, 3.05) is 14.2 Å². The Kier molecular flexibility index (Phi) is 5.11. The van der Waals surface area contributed by atoms with E-state index in [1.807, 2.05) is 6.92 Å². The van der Waals surface area contributed by atoms with E-state index in [0.717, 1.165) is 11.0 Å². The van der Waals surface area contributed by atoms with Crippen molar-refractivity contribution in [3.8, 4) is 0 Å². The molecule has 0 fully saturated rings. The predicted octanol–water partition coefficient (Wildman–Crippen LogP) is 0.0389. The van der Waals surface area contributed by atoms with E-state index in [4.69, 9.17) is 9.47 Å². The van der Waals surface area contributed by atoms with Crippen LogP contribution < -0.4 is 11.2 Å². The van der Waals surface area contributed by atoms with Crippen LogP contribution in [0.5, 0.6) is 0 Å². The maximum Gasteiger partial charge on any atom is 0.331 e. The Morgan fingerprint density at radius 3 is 2.47 bits per heavy atom. The Hall–Kier alpha value is -1.40. The van der Waals surface area contributed by atoms with Crippen LogP contribution in [0.4, 0.5) is 0 Å². The fourth-order valence-electron chi connectivity index (χ4n) is 1.53. The van der Waals surface area contributed by atoms with Crippen LogP contribution >= 0.6 is 0 Å². The molecule has 1 rings (SSSR count). The summed E-state index contributed by atoms with van der Waals surface area (Å²) in [5, 5.41) is 0. The Bertz CT molecular complexity index is 459. The molecule has 6 nitrogen and oxygen atoms in total. The zero-order valence-electron chi connectivity index (χ0n) is 10.4. The Labute approximate surface area is 99.4 Å². The molecule has 0 aliphatic rings. The first-order valence-corrected chi connectivity index (χ1v) is 5.49. The molecule has 0 aliphatic heterocycles. The molecule has 1 aromatic heterocycles. The molecule has 0 radical (unpaired) electrons. The van der Waals surface area contributed by atoms with E-state index in [2.05, 4.69) is 0 Å². The molecular formula is C11H18N2O4. The largest absolute Gasteiger partial charge is 0.354 e. The molecule has 0 atom stereocenters. The minimum absolute atomic E-state index is 0.0925. The topological polar surface area (TPSA) is 62.5 Å². The van der Waals surface area contributed by atoms with Crippen LogP contribution in [0.15, 0.2) is 21.9 Å². The number of aromatic nitrogens is 2. The van der Waals surface area contributed by atoms with Crippen molar-refractivity contribution in [1.29, 1.82) is 0 Å². The SMILES string of the molecule is CCCn1ccc(=O)n(CC(OC)OC)c1=O. The Morgan fingerprint density at radius 1 is 1.29 bits per heavy atom. The second-order valence-corrected chi connectivity index (χ2v) is 3.64. The summed E-state index contributed by atoms with van der Waals surface area (Å²) in [6.07, 6.45) is 1.74. The molecule has 0 unspecified atom stereocenters. The van der Waals surface area contributed by atoms with Crippen LogP contribution in [0, 0.1) is 0 Å². The first kappa shape index (κ1) is 13.7. The second kappa shape index (κ2) is 6.36. The molecule has 0 saturated heterocycles. The van der Waals surface area contributed by atoms with Crippen molar-refractivity contribution in [3.63, 3.8) is 0 Å². The number of rotatable bonds is 6. The molecule has 1 aromatic rings. The molecule has 0 amide bonds. The highest BCUT2D eigenvalue weighted by molar-refractivity contribution is 4.86. The van der Waals surface area contributed by atoms with Crippen LogP contribution in [0.25, 0.3) is 0 Å². The first-order valence-electron chi connectivity index (χ1n) is 5.49. The van der Waals surface area contributed by atoms with Crippen LogP contribution in [0.1, 0.15) is 13.3 Å². The van der Waals surface area contributed by atoms with Crippen molar-refractivity contribution in [2.24, 2.45) is 0 Å². The molecule has 0 aromatic carbocycles. The third-order valence-corrected chi connectivity index (χ3v) is 2.46. The van der Waals surface area contributed by atoms with Crippen LogP contribution in [-0.4, -0.2) is 29.6 Å². The minimum Gasteiger partial charge on any atom is -0.354 e. The average Bonchev–Trinajstić information content (AvgIpc) is 2.33. The summed E-state index contributed by atoms with van der Waals surface area (Å²) in [7, 11) is 2.93. The lowest BCUT2D eigenvalue weighted by Gasteiger charge is -2.15. The van der Waals surface area contributed by atoms with E-state index in [-0.39, 0.29) is 17.8 Å². The van der Waals surface area contributed by atoms with Crippen molar-refractivity contribution >= 4 is 0 Å². The predicted molar refractivity (Wildman–Crippen MR) is 63.1 cm³/mol. The summed E-state index contributed by atoms with van der Waals surface area (Å²) >= 11 is 0. The van der Waals surface area contributed by atoms with Gasteiger partial charge in [0.15, 0.2) is 6.29 Å². The summed E-state index contributed by atoms with van der Waals surface area (Å²) < 4.78 is 12.6. The molecule has 0 aliphatic carbocycles. The Morgan fingerprint density at radius 2 is 1.94 bits per heavy atom. The van der Waals surface area contributed by atoms with Gasteiger partial charge in [-0.05, 0) is 6.42 Å². The van der Waals surface area contributed by atoms with Gasteiger partial charge in [-0.25, -0.2) is 4.79 Å². The number of ether oxygens (including phenoxy) is 2. The monoisotopic (exact) mass is 242 g/mol. The highest BCUT2D eigenvalue weighted by atomic mass is 16.7. The van der Waals surface area contributed by atoms with E-state index < -0.39 is 6.29 Å². The summed E-state index contributed by atoms with van der Waals surface area (Å²) in [5.41, 5.74) is -0.681. The zero-order chi connectivity index (χ0) is 12.8. The third-order valence-electron chi connectivity index (χ3n) is 2.46. The van der Waals surface area contributed by atoms with Gasteiger partial charge in [-0.15, -0.1) is 0 Å². The van der Waals surface area contributed by atoms with E-state index in [9.17, 15) is 9.59 Å². The molecule has 0 N–H and O–H groups in total. The first-order chi connectivity index (χ1) is 8.13. The van der Waals surface area contributed by atoms with Crippen molar-refractivity contribution in [3.05, 3.63) is 33.1 Å². The number of hydrogen-bond acceptors (Lipinski definition) is 4. The fraction of sp³-hybridized carbons (Fsp3) is 0.636. The van der Waals surface area contributed by atoms with Crippen molar-refractivity contribution < 1.29 is 9.47 Å². The van der Waals surface area contributed by atoms with Gasteiger partial charge in [-0.3, -0.25) is 9.36 Å². The van der Waals surface area contributed by atoms with Crippen molar-refractivity contribution in [2.45, 2.75) is 32.7 Å². The molecule has 17 heavy (non-hydrogen) atoms. The van der Waals surface area contributed by atoms with Gasteiger partial charge in [0.2, 0.25) is 0 Å². The third kappa shape index (κ3) is 3.28. The number of methoxy groups -OCH3 is 2. The highest BCUT2D eigenvalue weighted by Gasteiger charge is 2.11. The van der Waals surface area contributed by atoms with Gasteiger partial charge in [0.25, 0.3) is 5.56 Å². The van der Waals surface area contributed by atoms with E-state index in [1.54, 1.807) is 0 Å². The molecule has 6 heteroatoms. The van der Waals surface area contributed by atoms with Gasteiger partial charge in [-0.2, -0.15) is 0 Å². The van der Waals surface area contributed by atoms with Crippen LogP contribution in [0.3, 0.4) is 0 Å². The second-order valence-electron chi connectivity index (χ2n) is 3.64. The molecule has 0 saturated carbocycles. The number of hydrogen-bond donors (Lipinski definition) is 0. The van der Waals surface area contributed by atoms with Gasteiger partial charge < -0.3 is 14.0 Å². The van der Waals surface area contributed by atoms with Crippen LogP contribution in [0.2, 0.25) is 0 Å². The fourth-order valence-corrected chi connectivity index (χ4v) is 1.53. The van der Waals surface area contributed by atoms with E-state index in [1.165, 1.54) is 31.0 Å². The molecule has 0 spiro atoms. The smallest absolute Gasteiger partial charge is 0.331 e. The lowest BCUT2D eigenvalue weighted by molar-refractivity contribution is -0.112. The lowest BCUT2D eigenvalue weighted by Crippen LogP contribution is -2.42. The minimum atomic E-state index is -0.599. The zero-order valence-corrected chi connectivity index (χ0v) is 10.4. The standard InChI is InChI=1S/C11H18N2O4/c1-4-6-12-7-5-9(14)13(11(12)15)8-10(16-2)17-3/h5,7,10H,4,6,8H2,1-3H3. The number of aryl methyl sites for hydroxylation is 1. The average molecular weight is 242 g/mol. The molecule has 96 valence electrons. The van der Waals surface area contributed by atoms with Crippen molar-refractivity contribution in [1.82, 2.24) is 9.13 Å². The Balaban J connectivity index is 3.09. The summed E-state index contributed by atoms with van der Waals surface area (Å²) in [6, 6.07) is 1.37. The van der Waals surface area contributed by atoms with Gasteiger partial charge in [0, 0.05) is 33.0 Å². The lowest BCUT2D eigenvalue weighted by atomic mass is 10.4. The normalized spacial score (nSPS) is 11.1. The summed E-state index contributed by atoms with van der Waals surface area (Å²) in [5.74, 6) is 0. The number of nitrogens with zero attached hydrogens (tertiary/aromatic N) is 2. The van der Waals surface area contributed by atoms with E-state index in [0.29, 0.717) is 6.54 Å². The maximum absolute atomic E-state index is 12.0. The van der Waals surface area contributed by atoms with Gasteiger partial charge >= 0.3 is 5.69 Å². The summed E-state index contributed by atoms with van der Waals surface area (Å²) in [4.78, 5) is 23.6. The van der Waals surface area contributed by atoms with Gasteiger partial charge in [-0.1, -0.05) is 6.92 Å². The highest BCUT2D eigenvalue weighted by Crippen LogP contribution is 1.93. The van der Waals surface area contributed by atoms with Gasteiger partial charge in [0.05, 0.1) is 6.54 Å². The van der Waals surface area contributed by atoms with Crippen LogP contribution in [-0.2, 0) is 22.6 Å². The molecule has 1 heterocycles. The summed E-state index contributed by atoms with van der Waals surface area (Å²) in [6.45, 7) is 2.65. The maximum atomic E-state index is 12.0. The quantitative estimate of drug-likeness (QED) is 0.661. The van der Waals surface area contributed by atoms with Gasteiger partial charge in [0.1, 0.15) is 0 Å². The molecule has 0 bridgehead atoms. The molecular weight excluding hydrogens is 224 g/mol.